The zero-order valence-electron chi connectivity index (χ0n) is 16.4. The largest absolute Gasteiger partial charge is 0.573 e. The van der Waals surface area contributed by atoms with E-state index >= 15 is 0 Å². The summed E-state index contributed by atoms with van der Waals surface area (Å²) in [7, 11) is 0. The molecule has 1 atom stereocenters. The number of halogens is 3. The lowest BCUT2D eigenvalue weighted by Gasteiger charge is -2.21. The average Bonchev–Trinajstić information content (AvgIpc) is 2.95. The maximum absolute atomic E-state index is 12.5. The Labute approximate surface area is 166 Å². The number of aryl methyl sites for hydroxylation is 1. The summed E-state index contributed by atoms with van der Waals surface area (Å²) in [4.78, 5) is 32.0. The summed E-state index contributed by atoms with van der Waals surface area (Å²) in [5.41, 5.74) is 3.03. The van der Waals surface area contributed by atoms with E-state index in [0.29, 0.717) is 55.3 Å². The Hall–Kier alpha value is -2.64. The van der Waals surface area contributed by atoms with E-state index in [1.807, 2.05) is 6.92 Å². The van der Waals surface area contributed by atoms with Crippen LogP contribution in [0.1, 0.15) is 43.9 Å². The van der Waals surface area contributed by atoms with Gasteiger partial charge in [0.25, 0.3) is 0 Å². The maximum atomic E-state index is 12.5. The monoisotopic (exact) mass is 408 g/mol. The van der Waals surface area contributed by atoms with Gasteiger partial charge < -0.3 is 9.72 Å². The van der Waals surface area contributed by atoms with Gasteiger partial charge in [0.15, 0.2) is 0 Å². The Bertz CT molecular complexity index is 952. The zero-order chi connectivity index (χ0) is 21.2. The number of benzene rings is 1. The SMILES string of the molecule is CCC(=O)[C@@H]1C(=O)CCCC1=NCCc1c(C)[nH]c2ccc(OC(F)(F)F)cc12. The number of alkyl halides is 3. The first-order valence-electron chi connectivity index (χ1n) is 9.65. The molecule has 8 heteroatoms. The molecular weight excluding hydrogens is 385 g/mol. The van der Waals surface area contributed by atoms with Crippen LogP contribution in [-0.4, -0.2) is 35.2 Å². The highest BCUT2D eigenvalue weighted by Gasteiger charge is 2.33. The lowest BCUT2D eigenvalue weighted by atomic mass is 9.82. The number of Topliss-reactive ketones (excluding diaryl/α,β-unsaturated/α-hetero) is 2. The molecule has 1 heterocycles. The number of aromatic nitrogens is 1. The number of H-pyrrole nitrogens is 1. The number of rotatable bonds is 6. The van der Waals surface area contributed by atoms with Gasteiger partial charge in [-0.2, -0.15) is 0 Å². The molecule has 0 aliphatic heterocycles. The molecule has 1 N–H and O–H groups in total. The lowest BCUT2D eigenvalue weighted by Crippen LogP contribution is -2.35. The van der Waals surface area contributed by atoms with Crippen molar-refractivity contribution in [3.05, 3.63) is 29.5 Å². The maximum Gasteiger partial charge on any atom is 0.573 e. The van der Waals surface area contributed by atoms with Gasteiger partial charge in [0.05, 0.1) is 0 Å². The summed E-state index contributed by atoms with van der Waals surface area (Å²) in [5.74, 6) is -1.18. The van der Waals surface area contributed by atoms with Crippen molar-refractivity contribution < 1.29 is 27.5 Å². The van der Waals surface area contributed by atoms with Crippen molar-refractivity contribution in [2.45, 2.75) is 52.3 Å². The summed E-state index contributed by atoms with van der Waals surface area (Å²) < 4.78 is 41.6. The Balaban J connectivity index is 1.81. The standard InChI is InChI=1S/C21H23F3N2O3/c1-3-18(27)20-17(5-4-6-19(20)28)25-10-9-14-12(2)26-16-8-7-13(11-15(14)16)29-21(22,23)24/h7-8,11,20,26H,3-6,9-10H2,1-2H3/t20-/m1/s1. The van der Waals surface area contributed by atoms with Gasteiger partial charge in [-0.25, -0.2) is 0 Å². The highest BCUT2D eigenvalue weighted by Crippen LogP contribution is 2.30. The zero-order valence-corrected chi connectivity index (χ0v) is 16.4. The molecule has 1 aliphatic carbocycles. The number of fused-ring (bicyclic) bond motifs is 1. The van der Waals surface area contributed by atoms with Crippen molar-refractivity contribution in [1.82, 2.24) is 4.98 Å². The first-order valence-corrected chi connectivity index (χ1v) is 9.65. The topological polar surface area (TPSA) is 71.5 Å². The van der Waals surface area contributed by atoms with E-state index in [1.54, 1.807) is 13.0 Å². The number of nitrogens with zero attached hydrogens (tertiary/aromatic N) is 1. The predicted octanol–water partition coefficient (Wildman–Crippen LogP) is 4.71. The van der Waals surface area contributed by atoms with Crippen molar-refractivity contribution in [1.29, 1.82) is 0 Å². The molecule has 29 heavy (non-hydrogen) atoms. The Morgan fingerprint density at radius 3 is 2.76 bits per heavy atom. The number of ketones is 2. The molecule has 0 amide bonds. The molecule has 5 nitrogen and oxygen atoms in total. The van der Waals surface area contributed by atoms with E-state index in [0.717, 1.165) is 11.3 Å². The van der Waals surface area contributed by atoms with Gasteiger partial charge in [0.2, 0.25) is 0 Å². The Morgan fingerprint density at radius 1 is 1.31 bits per heavy atom. The van der Waals surface area contributed by atoms with Gasteiger partial charge in [0.1, 0.15) is 23.2 Å². The molecule has 0 bridgehead atoms. The van der Waals surface area contributed by atoms with Crippen molar-refractivity contribution >= 4 is 28.2 Å². The number of hydrogen-bond acceptors (Lipinski definition) is 4. The molecule has 3 rings (SSSR count). The molecule has 1 saturated carbocycles. The smallest absolute Gasteiger partial charge is 0.406 e. The third-order valence-electron chi connectivity index (χ3n) is 5.18. The Morgan fingerprint density at radius 2 is 2.07 bits per heavy atom. The van der Waals surface area contributed by atoms with Crippen LogP contribution in [0.25, 0.3) is 10.9 Å². The molecule has 1 fully saturated rings. The first kappa shape index (κ1) is 21.1. The van der Waals surface area contributed by atoms with Crippen molar-refractivity contribution in [2.75, 3.05) is 6.54 Å². The number of aliphatic imine (C=N–C) groups is 1. The molecule has 156 valence electrons. The molecule has 1 aromatic heterocycles. The molecule has 2 aromatic rings. The van der Waals surface area contributed by atoms with Gasteiger partial charge in [-0.05, 0) is 49.9 Å². The fourth-order valence-electron chi connectivity index (χ4n) is 3.85. The second-order valence-corrected chi connectivity index (χ2v) is 7.18. The second-order valence-electron chi connectivity index (χ2n) is 7.18. The van der Waals surface area contributed by atoms with Crippen LogP contribution in [0.2, 0.25) is 0 Å². The van der Waals surface area contributed by atoms with E-state index in [2.05, 4.69) is 14.7 Å². The van der Waals surface area contributed by atoms with Crippen LogP contribution in [0.4, 0.5) is 13.2 Å². The Kier molecular flexibility index (Phi) is 6.10. The number of ether oxygens (including phenoxy) is 1. The van der Waals surface area contributed by atoms with Crippen LogP contribution in [0, 0.1) is 12.8 Å². The highest BCUT2D eigenvalue weighted by atomic mass is 19.4. The van der Waals surface area contributed by atoms with Crippen molar-refractivity contribution in [2.24, 2.45) is 10.9 Å². The summed E-state index contributed by atoms with van der Waals surface area (Å²) >= 11 is 0. The predicted molar refractivity (Wildman–Crippen MR) is 103 cm³/mol. The van der Waals surface area contributed by atoms with E-state index in [1.165, 1.54) is 12.1 Å². The molecule has 0 saturated heterocycles. The fourth-order valence-corrected chi connectivity index (χ4v) is 3.85. The summed E-state index contributed by atoms with van der Waals surface area (Å²) in [5, 5.41) is 0.644. The fraction of sp³-hybridized carbons (Fsp3) is 0.476. The summed E-state index contributed by atoms with van der Waals surface area (Å²) in [6, 6.07) is 4.18. The van der Waals surface area contributed by atoms with Crippen LogP contribution < -0.4 is 4.74 Å². The minimum absolute atomic E-state index is 0.0703. The molecule has 1 aromatic carbocycles. The second kappa shape index (κ2) is 8.39. The van der Waals surface area contributed by atoms with Crippen LogP contribution in [0.3, 0.4) is 0 Å². The third kappa shape index (κ3) is 4.86. The summed E-state index contributed by atoms with van der Waals surface area (Å²) in [6.45, 7) is 3.94. The lowest BCUT2D eigenvalue weighted by molar-refractivity contribution is -0.274. The molecular formula is C21H23F3N2O3. The normalized spacial score (nSPS) is 19.1. The van der Waals surface area contributed by atoms with Crippen LogP contribution in [-0.2, 0) is 16.0 Å². The molecule has 0 unspecified atom stereocenters. The van der Waals surface area contributed by atoms with Crippen LogP contribution >= 0.6 is 0 Å². The molecule has 1 aliphatic rings. The third-order valence-corrected chi connectivity index (χ3v) is 5.18. The minimum atomic E-state index is -4.75. The number of hydrogen-bond donors (Lipinski definition) is 1. The number of nitrogens with one attached hydrogen (secondary N) is 1. The average molecular weight is 408 g/mol. The minimum Gasteiger partial charge on any atom is -0.406 e. The van der Waals surface area contributed by atoms with Gasteiger partial charge in [-0.1, -0.05) is 6.92 Å². The van der Waals surface area contributed by atoms with E-state index in [9.17, 15) is 22.8 Å². The molecule has 0 spiro atoms. The van der Waals surface area contributed by atoms with Crippen molar-refractivity contribution in [3.63, 3.8) is 0 Å². The van der Waals surface area contributed by atoms with Gasteiger partial charge in [-0.15, -0.1) is 13.2 Å². The summed E-state index contributed by atoms with van der Waals surface area (Å²) in [6.07, 6.45) is -2.27. The highest BCUT2D eigenvalue weighted by molar-refractivity contribution is 6.22. The van der Waals surface area contributed by atoms with E-state index in [4.69, 9.17) is 0 Å². The van der Waals surface area contributed by atoms with Gasteiger partial charge in [0, 0.05) is 41.7 Å². The van der Waals surface area contributed by atoms with Gasteiger partial charge in [-0.3, -0.25) is 14.6 Å². The van der Waals surface area contributed by atoms with Crippen LogP contribution in [0.15, 0.2) is 23.2 Å². The molecule has 0 radical (unpaired) electrons. The van der Waals surface area contributed by atoms with Gasteiger partial charge >= 0.3 is 6.36 Å². The number of aromatic amines is 1. The quantitative estimate of drug-likeness (QED) is 0.704. The van der Waals surface area contributed by atoms with Crippen molar-refractivity contribution in [3.8, 4) is 5.75 Å². The van der Waals surface area contributed by atoms with E-state index < -0.39 is 12.3 Å². The number of carbonyl (C=O) groups excluding carboxylic acids is 2. The number of carbonyl (C=O) groups is 2. The van der Waals surface area contributed by atoms with Crippen LogP contribution in [0.5, 0.6) is 5.75 Å². The first-order chi connectivity index (χ1) is 13.7. The van der Waals surface area contributed by atoms with E-state index in [-0.39, 0.29) is 17.3 Å².